The molecule has 0 spiro atoms. The zero-order valence-corrected chi connectivity index (χ0v) is 14.4. The molecule has 1 aromatic rings. The van der Waals surface area contributed by atoms with Crippen LogP contribution < -0.4 is 0 Å². The highest BCUT2D eigenvalue weighted by atomic mass is 32.2. The Balaban J connectivity index is 1.35. The lowest BCUT2D eigenvalue weighted by atomic mass is 10.2. The van der Waals surface area contributed by atoms with E-state index >= 15 is 0 Å². The van der Waals surface area contributed by atoms with Gasteiger partial charge in [-0.05, 0) is 19.3 Å². The van der Waals surface area contributed by atoms with E-state index in [1.807, 2.05) is 6.20 Å². The lowest BCUT2D eigenvalue weighted by molar-refractivity contribution is -0.128. The number of amides is 1. The fourth-order valence-electron chi connectivity index (χ4n) is 3.49. The van der Waals surface area contributed by atoms with Gasteiger partial charge in [0.05, 0.1) is 18.8 Å². The molecule has 3 saturated heterocycles. The highest BCUT2D eigenvalue weighted by Gasteiger charge is 2.41. The van der Waals surface area contributed by atoms with Crippen LogP contribution in [0.3, 0.4) is 0 Å². The Morgan fingerprint density at radius 2 is 1.83 bits per heavy atom. The van der Waals surface area contributed by atoms with Crippen molar-refractivity contribution in [2.45, 2.75) is 38.3 Å². The van der Waals surface area contributed by atoms with E-state index in [1.54, 1.807) is 13.9 Å². The van der Waals surface area contributed by atoms with Crippen molar-refractivity contribution in [1.29, 1.82) is 0 Å². The van der Waals surface area contributed by atoms with E-state index in [1.165, 1.54) is 4.31 Å². The van der Waals surface area contributed by atoms with E-state index in [0.717, 1.165) is 31.5 Å². The molecule has 10 heteroatoms. The Hall–Kier alpha value is -1.52. The third-order valence-electron chi connectivity index (χ3n) is 5.00. The van der Waals surface area contributed by atoms with Crippen LogP contribution in [-0.4, -0.2) is 75.6 Å². The Morgan fingerprint density at radius 3 is 2.50 bits per heavy atom. The van der Waals surface area contributed by atoms with Crippen LogP contribution in [0.1, 0.15) is 37.4 Å². The van der Waals surface area contributed by atoms with Crippen LogP contribution in [0.4, 0.5) is 0 Å². The summed E-state index contributed by atoms with van der Waals surface area (Å²) in [6, 6.07) is 0.0258. The zero-order valence-electron chi connectivity index (χ0n) is 13.5. The van der Waals surface area contributed by atoms with Crippen LogP contribution >= 0.6 is 0 Å². The van der Waals surface area contributed by atoms with Gasteiger partial charge < -0.3 is 4.90 Å². The summed E-state index contributed by atoms with van der Waals surface area (Å²) in [4.78, 5) is 13.4. The van der Waals surface area contributed by atoms with Gasteiger partial charge in [0, 0.05) is 39.1 Å². The SMILES string of the molecule is O=C1CCCN1Cc1cn(C2CN(S(=O)(=O)N3CCCC3)C2)nn1. The fourth-order valence-corrected chi connectivity index (χ4v) is 5.25. The number of hydrogen-bond donors (Lipinski definition) is 0. The van der Waals surface area contributed by atoms with Crippen molar-refractivity contribution in [2.24, 2.45) is 0 Å². The van der Waals surface area contributed by atoms with Crippen LogP contribution in [0.25, 0.3) is 0 Å². The van der Waals surface area contributed by atoms with Crippen molar-refractivity contribution in [3.8, 4) is 0 Å². The van der Waals surface area contributed by atoms with Gasteiger partial charge in [0.25, 0.3) is 10.2 Å². The Bertz CT molecular complexity index is 721. The third kappa shape index (κ3) is 2.82. The molecule has 0 unspecified atom stereocenters. The molecule has 0 bridgehead atoms. The standard InChI is InChI=1S/C14H22N6O3S/c21-14-4-3-5-17(14)8-12-9-20(16-15-12)13-10-19(11-13)24(22,23)18-6-1-2-7-18/h9,13H,1-8,10-11H2. The molecular formula is C14H22N6O3S. The number of rotatable bonds is 5. The van der Waals surface area contributed by atoms with Crippen molar-refractivity contribution < 1.29 is 13.2 Å². The van der Waals surface area contributed by atoms with Gasteiger partial charge in [-0.2, -0.15) is 17.0 Å². The van der Waals surface area contributed by atoms with Gasteiger partial charge in [0.2, 0.25) is 5.91 Å². The second kappa shape index (κ2) is 6.08. The summed E-state index contributed by atoms with van der Waals surface area (Å²) in [5.74, 6) is 0.163. The molecular weight excluding hydrogens is 332 g/mol. The normalized spacial score (nSPS) is 24.0. The Morgan fingerprint density at radius 1 is 1.08 bits per heavy atom. The minimum Gasteiger partial charge on any atom is -0.337 e. The fraction of sp³-hybridized carbons (Fsp3) is 0.786. The molecule has 1 aromatic heterocycles. The Labute approximate surface area is 141 Å². The van der Waals surface area contributed by atoms with Gasteiger partial charge in [0.15, 0.2) is 0 Å². The monoisotopic (exact) mass is 354 g/mol. The zero-order chi connectivity index (χ0) is 16.7. The van der Waals surface area contributed by atoms with Gasteiger partial charge in [-0.1, -0.05) is 5.21 Å². The lowest BCUT2D eigenvalue weighted by Crippen LogP contribution is -2.55. The molecule has 3 aliphatic heterocycles. The van der Waals surface area contributed by atoms with Crippen molar-refractivity contribution in [1.82, 2.24) is 28.5 Å². The second-order valence-corrected chi connectivity index (χ2v) is 8.62. The average molecular weight is 354 g/mol. The quantitative estimate of drug-likeness (QED) is 0.717. The largest absolute Gasteiger partial charge is 0.337 e. The number of likely N-dealkylation sites (tertiary alicyclic amines) is 1. The molecule has 0 N–H and O–H groups in total. The smallest absolute Gasteiger partial charge is 0.282 e. The maximum absolute atomic E-state index is 12.4. The first kappa shape index (κ1) is 16.0. The predicted octanol–water partition coefficient (Wildman–Crippen LogP) is -0.402. The molecule has 9 nitrogen and oxygen atoms in total. The van der Waals surface area contributed by atoms with Crippen LogP contribution in [-0.2, 0) is 21.5 Å². The van der Waals surface area contributed by atoms with Crippen molar-refractivity contribution >= 4 is 16.1 Å². The molecule has 132 valence electrons. The molecule has 0 radical (unpaired) electrons. The number of carbonyl (C=O) groups excluding carboxylic acids is 1. The summed E-state index contributed by atoms with van der Waals surface area (Å²) in [6.45, 7) is 3.38. The molecule has 4 heterocycles. The van der Waals surface area contributed by atoms with Crippen molar-refractivity contribution in [2.75, 3.05) is 32.7 Å². The molecule has 0 aliphatic carbocycles. The van der Waals surface area contributed by atoms with Gasteiger partial charge in [-0.25, -0.2) is 4.68 Å². The minimum atomic E-state index is -3.31. The minimum absolute atomic E-state index is 0.0258. The van der Waals surface area contributed by atoms with Crippen LogP contribution in [0.5, 0.6) is 0 Å². The van der Waals surface area contributed by atoms with Gasteiger partial charge >= 0.3 is 0 Å². The van der Waals surface area contributed by atoms with E-state index in [9.17, 15) is 13.2 Å². The van der Waals surface area contributed by atoms with Gasteiger partial charge in [-0.3, -0.25) is 4.79 Å². The van der Waals surface area contributed by atoms with Crippen molar-refractivity contribution in [3.05, 3.63) is 11.9 Å². The summed E-state index contributed by atoms with van der Waals surface area (Å²) in [7, 11) is -3.31. The summed E-state index contributed by atoms with van der Waals surface area (Å²) in [5.41, 5.74) is 0.756. The van der Waals surface area contributed by atoms with Crippen molar-refractivity contribution in [3.63, 3.8) is 0 Å². The number of hydrogen-bond acceptors (Lipinski definition) is 5. The summed E-state index contributed by atoms with van der Waals surface area (Å²) >= 11 is 0. The maximum atomic E-state index is 12.4. The first-order valence-electron chi connectivity index (χ1n) is 8.48. The van der Waals surface area contributed by atoms with E-state index < -0.39 is 10.2 Å². The average Bonchev–Trinajstić information content (AvgIpc) is 3.21. The molecule has 0 saturated carbocycles. The Kier molecular flexibility index (Phi) is 4.05. The van der Waals surface area contributed by atoms with Crippen LogP contribution in [0, 0.1) is 0 Å². The second-order valence-electron chi connectivity index (χ2n) is 6.69. The third-order valence-corrected chi connectivity index (χ3v) is 6.97. The van der Waals surface area contributed by atoms with E-state index in [2.05, 4.69) is 10.3 Å². The molecule has 0 aromatic carbocycles. The van der Waals surface area contributed by atoms with Gasteiger partial charge in [-0.15, -0.1) is 5.10 Å². The first-order chi connectivity index (χ1) is 11.5. The molecule has 1 amide bonds. The number of nitrogens with zero attached hydrogens (tertiary/aromatic N) is 6. The highest BCUT2D eigenvalue weighted by Crippen LogP contribution is 2.27. The lowest BCUT2D eigenvalue weighted by Gasteiger charge is -2.39. The molecule has 4 rings (SSSR count). The summed E-state index contributed by atoms with van der Waals surface area (Å²) in [5, 5.41) is 8.24. The van der Waals surface area contributed by atoms with Gasteiger partial charge in [0.1, 0.15) is 5.69 Å². The van der Waals surface area contributed by atoms with E-state index in [-0.39, 0.29) is 11.9 Å². The first-order valence-corrected chi connectivity index (χ1v) is 9.87. The number of aromatic nitrogens is 3. The molecule has 3 fully saturated rings. The molecule has 3 aliphatic rings. The highest BCUT2D eigenvalue weighted by molar-refractivity contribution is 7.86. The van der Waals surface area contributed by atoms with E-state index in [0.29, 0.717) is 39.1 Å². The van der Waals surface area contributed by atoms with E-state index in [4.69, 9.17) is 0 Å². The predicted molar refractivity (Wildman–Crippen MR) is 85.0 cm³/mol. The summed E-state index contributed by atoms with van der Waals surface area (Å²) < 4.78 is 29.7. The topological polar surface area (TPSA) is 91.6 Å². The van der Waals surface area contributed by atoms with Crippen LogP contribution in [0.15, 0.2) is 6.20 Å². The molecule has 0 atom stereocenters. The van der Waals surface area contributed by atoms with Crippen LogP contribution in [0.2, 0.25) is 0 Å². The number of carbonyl (C=O) groups is 1. The molecule has 24 heavy (non-hydrogen) atoms. The summed E-state index contributed by atoms with van der Waals surface area (Å²) in [6.07, 6.45) is 5.23. The maximum Gasteiger partial charge on any atom is 0.282 e.